The predicted octanol–water partition coefficient (Wildman–Crippen LogP) is 1.84. The third-order valence-electron chi connectivity index (χ3n) is 5.44. The number of benzene rings is 2. The second-order valence-corrected chi connectivity index (χ2v) is 8.05. The van der Waals surface area contributed by atoms with Crippen LogP contribution >= 0.6 is 11.6 Å². The summed E-state index contributed by atoms with van der Waals surface area (Å²) in [5.41, 5.74) is 6.18. The Morgan fingerprint density at radius 3 is 2.65 bits per heavy atom. The molecule has 0 aliphatic heterocycles. The number of carbonyl (C=O) groups excluding carboxylic acids is 3. The first-order chi connectivity index (χ1) is 16.3. The molecule has 11 heteroatoms. The van der Waals surface area contributed by atoms with Crippen LogP contribution in [0, 0.1) is 5.82 Å². The van der Waals surface area contributed by atoms with Crippen LogP contribution in [0.1, 0.15) is 29.4 Å². The largest absolute Gasteiger partial charge is 0.394 e. The maximum atomic E-state index is 14.1. The van der Waals surface area contributed by atoms with Crippen molar-refractivity contribution in [3.8, 4) is 0 Å². The fraction of sp³-hybridized carbons (Fsp3) is 0.304. The number of halogens is 2. The number of carbonyl (C=O) groups is 3. The molecule has 9 nitrogen and oxygen atoms in total. The Labute approximate surface area is 200 Å². The van der Waals surface area contributed by atoms with Gasteiger partial charge in [0.25, 0.3) is 5.91 Å². The highest BCUT2D eigenvalue weighted by atomic mass is 35.5. The fourth-order valence-corrected chi connectivity index (χ4v) is 3.80. The van der Waals surface area contributed by atoms with Crippen molar-refractivity contribution in [2.75, 3.05) is 13.2 Å². The number of amides is 3. The molecular formula is C23H25ClFN5O4. The summed E-state index contributed by atoms with van der Waals surface area (Å²) in [6.07, 6.45) is 0.394. The predicted molar refractivity (Wildman–Crippen MR) is 124 cm³/mol. The van der Waals surface area contributed by atoms with Crippen molar-refractivity contribution in [3.05, 3.63) is 64.6 Å². The van der Waals surface area contributed by atoms with Gasteiger partial charge in [-0.1, -0.05) is 48.9 Å². The second-order valence-electron chi connectivity index (χ2n) is 7.64. The highest BCUT2D eigenvalue weighted by Gasteiger charge is 2.26. The zero-order valence-electron chi connectivity index (χ0n) is 18.5. The van der Waals surface area contributed by atoms with E-state index >= 15 is 0 Å². The SMILES string of the molecule is CC[C@H](CO)N(CC(=O)NCc1cccc(Cl)c1F)C(=O)Cn1nc(C(N)=O)c2ccccc21. The molecule has 4 N–H and O–H groups in total. The Hall–Kier alpha value is -3.50. The summed E-state index contributed by atoms with van der Waals surface area (Å²) < 4.78 is 15.4. The summed E-state index contributed by atoms with van der Waals surface area (Å²) >= 11 is 5.77. The number of hydrogen-bond acceptors (Lipinski definition) is 5. The molecule has 0 aliphatic rings. The third kappa shape index (κ3) is 5.52. The van der Waals surface area contributed by atoms with Gasteiger partial charge in [0.1, 0.15) is 12.4 Å². The molecule has 180 valence electrons. The zero-order chi connectivity index (χ0) is 24.8. The van der Waals surface area contributed by atoms with Crippen LogP contribution in [-0.4, -0.2) is 56.7 Å². The van der Waals surface area contributed by atoms with Crippen molar-refractivity contribution in [1.29, 1.82) is 0 Å². The maximum Gasteiger partial charge on any atom is 0.269 e. The number of primary amides is 1. The van der Waals surface area contributed by atoms with Gasteiger partial charge in [0, 0.05) is 17.5 Å². The molecule has 3 aromatic rings. The Kier molecular flexibility index (Phi) is 8.19. The zero-order valence-corrected chi connectivity index (χ0v) is 19.3. The number of para-hydroxylation sites is 1. The van der Waals surface area contributed by atoms with E-state index in [1.54, 1.807) is 37.3 Å². The fourth-order valence-electron chi connectivity index (χ4n) is 3.61. The molecule has 34 heavy (non-hydrogen) atoms. The smallest absolute Gasteiger partial charge is 0.269 e. The van der Waals surface area contributed by atoms with Crippen LogP contribution in [0.5, 0.6) is 0 Å². The first-order valence-electron chi connectivity index (χ1n) is 10.6. The van der Waals surface area contributed by atoms with Crippen molar-refractivity contribution < 1.29 is 23.9 Å². The molecule has 0 unspecified atom stereocenters. The Balaban J connectivity index is 1.78. The molecule has 0 aliphatic carbocycles. The van der Waals surface area contributed by atoms with E-state index in [0.717, 1.165) is 0 Å². The molecule has 3 rings (SSSR count). The van der Waals surface area contributed by atoms with Gasteiger partial charge in [0.15, 0.2) is 5.69 Å². The number of nitrogens with two attached hydrogens (primary N) is 1. The van der Waals surface area contributed by atoms with Crippen LogP contribution in [0.3, 0.4) is 0 Å². The standard InChI is InChI=1S/C23H25ClFN5O4/c1-2-15(13-31)29(11-19(32)27-10-14-6-5-8-17(24)21(14)25)20(33)12-30-18-9-4-3-7-16(18)22(28-30)23(26)34/h3-9,15,31H,2,10-13H2,1H3,(H2,26,34)(H,27,32)/t15-/m1/s1. The molecule has 2 aromatic carbocycles. The average Bonchev–Trinajstić information content (AvgIpc) is 3.19. The summed E-state index contributed by atoms with van der Waals surface area (Å²) in [6, 6.07) is 10.7. The molecule has 0 bridgehead atoms. The minimum absolute atomic E-state index is 0.0328. The van der Waals surface area contributed by atoms with Crippen molar-refractivity contribution in [2.24, 2.45) is 5.73 Å². The first kappa shape index (κ1) is 25.1. The minimum atomic E-state index is -0.728. The van der Waals surface area contributed by atoms with Gasteiger partial charge in [0.2, 0.25) is 11.8 Å². The molecular weight excluding hydrogens is 465 g/mol. The summed E-state index contributed by atoms with van der Waals surface area (Å²) in [4.78, 5) is 38.8. The molecule has 0 spiro atoms. The number of aliphatic hydroxyl groups excluding tert-OH is 1. The number of nitrogens with zero attached hydrogens (tertiary/aromatic N) is 3. The normalized spacial score (nSPS) is 11.9. The lowest BCUT2D eigenvalue weighted by Crippen LogP contribution is -2.48. The quantitative estimate of drug-likeness (QED) is 0.400. The van der Waals surface area contributed by atoms with E-state index in [0.29, 0.717) is 17.3 Å². The highest BCUT2D eigenvalue weighted by molar-refractivity contribution is 6.30. The minimum Gasteiger partial charge on any atom is -0.394 e. The topological polar surface area (TPSA) is 131 Å². The molecule has 1 heterocycles. The lowest BCUT2D eigenvalue weighted by atomic mass is 10.2. The van der Waals surface area contributed by atoms with Crippen molar-refractivity contribution in [3.63, 3.8) is 0 Å². The number of hydrogen-bond donors (Lipinski definition) is 3. The molecule has 1 aromatic heterocycles. The van der Waals surface area contributed by atoms with Gasteiger partial charge in [-0.25, -0.2) is 4.39 Å². The van der Waals surface area contributed by atoms with Crippen molar-refractivity contribution in [2.45, 2.75) is 32.5 Å². The number of nitrogens with one attached hydrogen (secondary N) is 1. The van der Waals surface area contributed by atoms with Crippen molar-refractivity contribution >= 4 is 40.2 Å². The van der Waals surface area contributed by atoms with Crippen LogP contribution in [-0.2, 0) is 22.7 Å². The van der Waals surface area contributed by atoms with Crippen LogP contribution in [0.4, 0.5) is 4.39 Å². The molecule has 0 saturated heterocycles. The van der Waals surface area contributed by atoms with Gasteiger partial charge < -0.3 is 21.1 Å². The highest BCUT2D eigenvalue weighted by Crippen LogP contribution is 2.19. The van der Waals surface area contributed by atoms with E-state index in [4.69, 9.17) is 17.3 Å². The number of rotatable bonds is 10. The van der Waals surface area contributed by atoms with Gasteiger partial charge >= 0.3 is 0 Å². The van der Waals surface area contributed by atoms with Crippen molar-refractivity contribution in [1.82, 2.24) is 20.0 Å². The van der Waals surface area contributed by atoms with E-state index in [1.807, 2.05) is 0 Å². The van der Waals surface area contributed by atoms with E-state index < -0.39 is 29.6 Å². The van der Waals surface area contributed by atoms with Gasteiger partial charge in [-0.3, -0.25) is 19.1 Å². The number of aliphatic hydroxyl groups is 1. The second kappa shape index (κ2) is 11.1. The Morgan fingerprint density at radius 1 is 1.24 bits per heavy atom. The average molecular weight is 490 g/mol. The van der Waals surface area contributed by atoms with Crippen LogP contribution in [0.2, 0.25) is 5.02 Å². The Morgan fingerprint density at radius 2 is 1.97 bits per heavy atom. The lowest BCUT2D eigenvalue weighted by Gasteiger charge is -2.29. The molecule has 0 radical (unpaired) electrons. The van der Waals surface area contributed by atoms with Gasteiger partial charge in [0.05, 0.1) is 29.7 Å². The van der Waals surface area contributed by atoms with Gasteiger partial charge in [-0.2, -0.15) is 5.10 Å². The van der Waals surface area contributed by atoms with Crippen LogP contribution in [0.25, 0.3) is 10.9 Å². The first-order valence-corrected chi connectivity index (χ1v) is 11.0. The number of fused-ring (bicyclic) bond motifs is 1. The molecule has 0 saturated carbocycles. The van der Waals surface area contributed by atoms with E-state index in [-0.39, 0.29) is 42.5 Å². The molecule has 3 amide bonds. The van der Waals surface area contributed by atoms with Crippen LogP contribution in [0.15, 0.2) is 42.5 Å². The summed E-state index contributed by atoms with van der Waals surface area (Å²) in [5, 5.41) is 17.0. The van der Waals surface area contributed by atoms with E-state index in [2.05, 4.69) is 10.4 Å². The monoisotopic (exact) mass is 489 g/mol. The lowest BCUT2D eigenvalue weighted by molar-refractivity contribution is -0.140. The van der Waals surface area contributed by atoms with E-state index in [9.17, 15) is 23.9 Å². The van der Waals surface area contributed by atoms with Gasteiger partial charge in [-0.05, 0) is 18.6 Å². The Bertz CT molecular complexity index is 1210. The third-order valence-corrected chi connectivity index (χ3v) is 5.73. The molecule has 1 atom stereocenters. The van der Waals surface area contributed by atoms with Gasteiger partial charge in [-0.15, -0.1) is 0 Å². The molecule has 0 fully saturated rings. The maximum absolute atomic E-state index is 14.1. The summed E-state index contributed by atoms with van der Waals surface area (Å²) in [6.45, 7) is 0.664. The van der Waals surface area contributed by atoms with Crippen LogP contribution < -0.4 is 11.1 Å². The summed E-state index contributed by atoms with van der Waals surface area (Å²) in [7, 11) is 0. The van der Waals surface area contributed by atoms with E-state index in [1.165, 1.54) is 21.7 Å². The summed E-state index contributed by atoms with van der Waals surface area (Å²) in [5.74, 6) is -2.39. The number of aromatic nitrogens is 2.